The first-order chi connectivity index (χ1) is 14.1. The number of amides is 4. The van der Waals surface area contributed by atoms with Crippen molar-refractivity contribution in [3.05, 3.63) is 53.1 Å². The molecule has 2 aromatic carbocycles. The van der Waals surface area contributed by atoms with Gasteiger partial charge in [-0.2, -0.15) is 13.2 Å². The summed E-state index contributed by atoms with van der Waals surface area (Å²) >= 11 is 6.83. The molecule has 1 heterocycles. The highest BCUT2D eigenvalue weighted by Gasteiger charge is 2.34. The SMILES string of the molecule is O=C(CN1C(=O)CSc2ccc(C(F)(F)F)cc21)NNC(=O)Nc1ccc(Cl)cc1. The largest absolute Gasteiger partial charge is 0.416 e. The van der Waals surface area contributed by atoms with Crippen LogP contribution >= 0.6 is 23.4 Å². The minimum absolute atomic E-state index is 0.00755. The highest BCUT2D eigenvalue weighted by Crippen LogP contribution is 2.39. The van der Waals surface area contributed by atoms with Crippen LogP contribution in [0.4, 0.5) is 29.3 Å². The molecule has 0 fully saturated rings. The molecule has 0 spiro atoms. The van der Waals surface area contributed by atoms with Crippen molar-refractivity contribution >= 4 is 52.6 Å². The van der Waals surface area contributed by atoms with E-state index in [4.69, 9.17) is 11.6 Å². The van der Waals surface area contributed by atoms with Crippen molar-refractivity contribution in [1.29, 1.82) is 0 Å². The Kier molecular flexibility index (Phi) is 6.42. The number of carbonyl (C=O) groups excluding carboxylic acids is 3. The molecule has 3 rings (SSSR count). The van der Waals surface area contributed by atoms with E-state index < -0.39 is 36.1 Å². The number of benzene rings is 2. The summed E-state index contributed by atoms with van der Waals surface area (Å²) in [5, 5.41) is 2.92. The Morgan fingerprint density at radius 3 is 2.47 bits per heavy atom. The zero-order valence-corrected chi connectivity index (χ0v) is 16.6. The van der Waals surface area contributed by atoms with Crippen molar-refractivity contribution < 1.29 is 27.6 Å². The molecule has 30 heavy (non-hydrogen) atoms. The van der Waals surface area contributed by atoms with Crippen molar-refractivity contribution in [3.8, 4) is 0 Å². The summed E-state index contributed by atoms with van der Waals surface area (Å²) in [5.74, 6) is -1.33. The maximum atomic E-state index is 13.0. The lowest BCUT2D eigenvalue weighted by molar-refractivity contribution is -0.137. The lowest BCUT2D eigenvalue weighted by Gasteiger charge is -2.29. The Hall–Kier alpha value is -2.92. The van der Waals surface area contributed by atoms with Gasteiger partial charge in [-0.15, -0.1) is 11.8 Å². The van der Waals surface area contributed by atoms with Gasteiger partial charge in [0.2, 0.25) is 5.91 Å². The molecule has 0 atom stereocenters. The first kappa shape index (κ1) is 21.8. The van der Waals surface area contributed by atoms with Gasteiger partial charge in [0.15, 0.2) is 0 Å². The second-order valence-electron chi connectivity index (χ2n) is 6.08. The van der Waals surface area contributed by atoms with Crippen LogP contribution in [0.2, 0.25) is 5.02 Å². The maximum Gasteiger partial charge on any atom is 0.416 e. The lowest BCUT2D eigenvalue weighted by atomic mass is 10.1. The third-order valence-corrected chi connectivity index (χ3v) is 5.25. The van der Waals surface area contributed by atoms with Crippen molar-refractivity contribution in [1.82, 2.24) is 10.9 Å². The van der Waals surface area contributed by atoms with E-state index >= 15 is 0 Å². The quantitative estimate of drug-likeness (QED) is 0.612. The van der Waals surface area contributed by atoms with E-state index in [9.17, 15) is 27.6 Å². The predicted octanol–water partition coefficient (Wildman–Crippen LogP) is 3.65. The molecule has 3 N–H and O–H groups in total. The summed E-state index contributed by atoms with van der Waals surface area (Å²) < 4.78 is 39.0. The first-order valence-electron chi connectivity index (χ1n) is 8.39. The van der Waals surface area contributed by atoms with Gasteiger partial charge < -0.3 is 10.2 Å². The first-order valence-corrected chi connectivity index (χ1v) is 9.75. The summed E-state index contributed by atoms with van der Waals surface area (Å²) in [6, 6.07) is 8.45. The van der Waals surface area contributed by atoms with E-state index in [1.807, 2.05) is 0 Å². The van der Waals surface area contributed by atoms with Gasteiger partial charge in [-0.3, -0.25) is 15.0 Å². The van der Waals surface area contributed by atoms with E-state index in [2.05, 4.69) is 16.2 Å². The summed E-state index contributed by atoms with van der Waals surface area (Å²) in [7, 11) is 0. The molecule has 0 saturated heterocycles. The normalized spacial score (nSPS) is 13.5. The zero-order valence-electron chi connectivity index (χ0n) is 15.0. The number of nitrogens with zero attached hydrogens (tertiary/aromatic N) is 1. The van der Waals surface area contributed by atoms with E-state index in [0.717, 1.165) is 28.8 Å². The summed E-state index contributed by atoms with van der Waals surface area (Å²) in [6.07, 6.45) is -4.59. The van der Waals surface area contributed by atoms with Crippen LogP contribution in [0, 0.1) is 0 Å². The number of hydrazine groups is 1. The van der Waals surface area contributed by atoms with Crippen LogP contribution in [0.3, 0.4) is 0 Å². The van der Waals surface area contributed by atoms with Crippen LogP contribution < -0.4 is 21.1 Å². The molecule has 1 aliphatic rings. The number of nitrogens with one attached hydrogen (secondary N) is 3. The molecule has 0 aliphatic carbocycles. The Balaban J connectivity index is 1.63. The summed E-state index contributed by atoms with van der Waals surface area (Å²) in [6.45, 7) is -0.561. The number of hydrogen-bond acceptors (Lipinski definition) is 4. The molecule has 0 radical (unpaired) electrons. The number of halogens is 4. The molecule has 158 valence electrons. The minimum Gasteiger partial charge on any atom is -0.307 e. The number of urea groups is 1. The molecule has 0 unspecified atom stereocenters. The van der Waals surface area contributed by atoms with Gasteiger partial charge in [0, 0.05) is 15.6 Å². The Labute approximate surface area is 177 Å². The predicted molar refractivity (Wildman–Crippen MR) is 106 cm³/mol. The third-order valence-electron chi connectivity index (χ3n) is 3.95. The second-order valence-corrected chi connectivity index (χ2v) is 7.54. The van der Waals surface area contributed by atoms with Gasteiger partial charge >= 0.3 is 12.2 Å². The average Bonchev–Trinajstić information content (AvgIpc) is 2.69. The fourth-order valence-electron chi connectivity index (χ4n) is 2.56. The zero-order chi connectivity index (χ0) is 21.9. The van der Waals surface area contributed by atoms with Crippen molar-refractivity contribution in [2.24, 2.45) is 0 Å². The van der Waals surface area contributed by atoms with Crippen molar-refractivity contribution in [3.63, 3.8) is 0 Å². The second kappa shape index (κ2) is 8.84. The number of anilines is 2. The smallest absolute Gasteiger partial charge is 0.307 e. The molecule has 4 amide bonds. The number of alkyl halides is 3. The van der Waals surface area contributed by atoms with Crippen LogP contribution in [0.25, 0.3) is 0 Å². The number of hydrogen-bond donors (Lipinski definition) is 3. The van der Waals surface area contributed by atoms with Crippen molar-refractivity contribution in [2.45, 2.75) is 11.1 Å². The number of thioether (sulfide) groups is 1. The standard InChI is InChI=1S/C18H14ClF3N4O3S/c19-11-2-4-12(5-3-11)23-17(29)25-24-15(27)8-26-13-7-10(18(20,21)22)1-6-14(13)30-9-16(26)28/h1-7H,8-9H2,(H,24,27)(H2,23,25,29). The van der Waals surface area contributed by atoms with Crippen LogP contribution in [0.15, 0.2) is 47.4 Å². The monoisotopic (exact) mass is 458 g/mol. The van der Waals surface area contributed by atoms with Gasteiger partial charge in [-0.25, -0.2) is 10.2 Å². The van der Waals surface area contributed by atoms with Gasteiger partial charge in [0.1, 0.15) is 6.54 Å². The van der Waals surface area contributed by atoms with Crippen molar-refractivity contribution in [2.75, 3.05) is 22.5 Å². The Bertz CT molecular complexity index is 986. The highest BCUT2D eigenvalue weighted by atomic mass is 35.5. The summed E-state index contributed by atoms with van der Waals surface area (Å²) in [4.78, 5) is 37.6. The van der Waals surface area contributed by atoms with E-state index in [0.29, 0.717) is 15.6 Å². The van der Waals surface area contributed by atoms with Crippen LogP contribution in [-0.4, -0.2) is 30.1 Å². The average molecular weight is 459 g/mol. The number of rotatable bonds is 3. The third kappa shape index (κ3) is 5.36. The Morgan fingerprint density at radius 2 is 1.80 bits per heavy atom. The molecule has 0 aromatic heterocycles. The fourth-order valence-corrected chi connectivity index (χ4v) is 3.60. The van der Waals surface area contributed by atoms with Gasteiger partial charge in [-0.1, -0.05) is 11.6 Å². The summed E-state index contributed by atoms with van der Waals surface area (Å²) in [5.41, 5.74) is 3.69. The van der Waals surface area contributed by atoms with E-state index in [1.165, 1.54) is 6.07 Å². The number of fused-ring (bicyclic) bond motifs is 1. The van der Waals surface area contributed by atoms with Crippen LogP contribution in [0.1, 0.15) is 5.56 Å². The molecule has 2 aromatic rings. The van der Waals surface area contributed by atoms with Crippen LogP contribution in [0.5, 0.6) is 0 Å². The number of carbonyl (C=O) groups is 3. The Morgan fingerprint density at radius 1 is 1.10 bits per heavy atom. The molecule has 0 saturated carbocycles. The molecule has 12 heteroatoms. The lowest BCUT2D eigenvalue weighted by Crippen LogP contribution is -2.50. The molecular weight excluding hydrogens is 445 g/mol. The molecule has 7 nitrogen and oxygen atoms in total. The maximum absolute atomic E-state index is 13.0. The van der Waals surface area contributed by atoms with Gasteiger partial charge in [0.25, 0.3) is 5.91 Å². The van der Waals surface area contributed by atoms with Gasteiger partial charge in [-0.05, 0) is 42.5 Å². The topological polar surface area (TPSA) is 90.5 Å². The van der Waals surface area contributed by atoms with Gasteiger partial charge in [0.05, 0.1) is 17.0 Å². The van der Waals surface area contributed by atoms with E-state index in [-0.39, 0.29) is 11.4 Å². The molecular formula is C18H14ClF3N4O3S. The van der Waals surface area contributed by atoms with Crippen LogP contribution in [-0.2, 0) is 15.8 Å². The molecule has 1 aliphatic heterocycles. The fraction of sp³-hybridized carbons (Fsp3) is 0.167. The van der Waals surface area contributed by atoms with E-state index in [1.54, 1.807) is 24.3 Å². The molecule has 0 bridgehead atoms. The highest BCUT2D eigenvalue weighted by molar-refractivity contribution is 8.00. The minimum atomic E-state index is -4.59.